The quantitative estimate of drug-likeness (QED) is 0.398. The van der Waals surface area contributed by atoms with Gasteiger partial charge in [-0.1, -0.05) is 66.7 Å². The number of carbonyl (C=O) groups is 1. The van der Waals surface area contributed by atoms with E-state index in [4.69, 9.17) is 18.9 Å². The predicted molar refractivity (Wildman–Crippen MR) is 158 cm³/mol. The molecule has 0 bridgehead atoms. The number of hydrogen-bond acceptors (Lipinski definition) is 7. The first kappa shape index (κ1) is 29.0. The molecule has 1 amide bonds. The Kier molecular flexibility index (Phi) is 9.00. The van der Waals surface area contributed by atoms with Crippen molar-refractivity contribution in [1.82, 2.24) is 10.2 Å². The number of aliphatic hydroxyl groups excluding tert-OH is 1. The highest BCUT2D eigenvalue weighted by Gasteiger charge is 2.41. The topological polar surface area (TPSA) is 89.5 Å². The highest BCUT2D eigenvalue weighted by atomic mass is 16.7. The molecule has 3 fully saturated rings. The van der Waals surface area contributed by atoms with E-state index < -0.39 is 12.1 Å². The second-order valence-electron chi connectivity index (χ2n) is 11.5. The fourth-order valence-corrected chi connectivity index (χ4v) is 6.10. The normalized spacial score (nSPS) is 24.1. The minimum atomic E-state index is -0.496. The summed E-state index contributed by atoms with van der Waals surface area (Å²) in [6.07, 6.45) is 1.88. The molecular weight excluding hydrogens is 532 g/mol. The minimum absolute atomic E-state index is 0.00383. The summed E-state index contributed by atoms with van der Waals surface area (Å²) in [6, 6.07) is 24.6. The Labute approximate surface area is 247 Å². The van der Waals surface area contributed by atoms with E-state index in [1.807, 2.05) is 36.4 Å². The van der Waals surface area contributed by atoms with Crippen molar-refractivity contribution in [1.29, 1.82) is 0 Å². The lowest BCUT2D eigenvalue weighted by Gasteiger charge is -2.41. The van der Waals surface area contributed by atoms with Gasteiger partial charge in [-0.2, -0.15) is 0 Å². The number of nitrogens with zero attached hydrogens (tertiary/aromatic N) is 1. The second-order valence-corrected chi connectivity index (χ2v) is 11.5. The van der Waals surface area contributed by atoms with Crippen LogP contribution in [0.4, 0.5) is 0 Å². The van der Waals surface area contributed by atoms with E-state index in [1.165, 1.54) is 6.92 Å². The van der Waals surface area contributed by atoms with Gasteiger partial charge in [-0.25, -0.2) is 0 Å². The summed E-state index contributed by atoms with van der Waals surface area (Å²) in [6.45, 7) is 6.07. The average molecular weight is 573 g/mol. The summed E-state index contributed by atoms with van der Waals surface area (Å²) in [5.41, 5.74) is 6.18. The minimum Gasteiger partial charge on any atom is -0.392 e. The van der Waals surface area contributed by atoms with Gasteiger partial charge >= 0.3 is 0 Å². The SMILES string of the molecule is CC(=O)NCc1cccc(-c2ccc(C3OC(CN4CCC5(CC4)OCCO5)CC(c4ccc(CO)cc4)O3)cc2)c1. The lowest BCUT2D eigenvalue weighted by atomic mass is 9.98. The van der Waals surface area contributed by atoms with Crippen LogP contribution in [0.2, 0.25) is 0 Å². The maximum atomic E-state index is 11.3. The summed E-state index contributed by atoms with van der Waals surface area (Å²) in [7, 11) is 0. The van der Waals surface area contributed by atoms with Crippen molar-refractivity contribution >= 4 is 5.91 Å². The van der Waals surface area contributed by atoms with Crippen LogP contribution in [-0.4, -0.2) is 60.7 Å². The van der Waals surface area contributed by atoms with Crippen LogP contribution in [0.25, 0.3) is 11.1 Å². The zero-order valence-corrected chi connectivity index (χ0v) is 24.2. The number of ether oxygens (including phenoxy) is 4. The van der Waals surface area contributed by atoms with Crippen LogP contribution in [-0.2, 0) is 36.9 Å². The van der Waals surface area contributed by atoms with Crippen LogP contribution in [0.3, 0.4) is 0 Å². The predicted octanol–water partition coefficient (Wildman–Crippen LogP) is 4.87. The van der Waals surface area contributed by atoms with E-state index in [2.05, 4.69) is 46.6 Å². The third-order valence-corrected chi connectivity index (χ3v) is 8.49. The van der Waals surface area contributed by atoms with Crippen molar-refractivity contribution < 1.29 is 28.8 Å². The Hall–Kier alpha value is -3.11. The highest BCUT2D eigenvalue weighted by molar-refractivity contribution is 5.73. The molecule has 2 N–H and O–H groups in total. The van der Waals surface area contributed by atoms with Crippen LogP contribution in [0.15, 0.2) is 72.8 Å². The van der Waals surface area contributed by atoms with Crippen LogP contribution < -0.4 is 5.32 Å². The van der Waals surface area contributed by atoms with E-state index in [0.29, 0.717) is 19.8 Å². The van der Waals surface area contributed by atoms with Gasteiger partial charge < -0.3 is 34.3 Å². The summed E-state index contributed by atoms with van der Waals surface area (Å²) < 4.78 is 25.0. The number of rotatable bonds is 8. The maximum absolute atomic E-state index is 11.3. The monoisotopic (exact) mass is 572 g/mol. The highest BCUT2D eigenvalue weighted by Crippen LogP contribution is 2.39. The average Bonchev–Trinajstić information content (AvgIpc) is 3.49. The third kappa shape index (κ3) is 6.92. The Balaban J connectivity index is 1.17. The standard InChI is InChI=1S/C34H40N2O6/c1-24(38)35-21-26-3-2-4-30(19-26)27-9-11-29(12-10-27)33-41-31(20-32(42-33)28-7-5-25(23-37)6-8-28)22-36-15-13-34(14-16-36)39-17-18-40-34/h2-12,19,31-33,37H,13-18,20-23H2,1H3,(H,35,38). The molecule has 3 aromatic rings. The van der Waals surface area contributed by atoms with Gasteiger partial charge in [0.25, 0.3) is 0 Å². The molecule has 3 aromatic carbocycles. The Morgan fingerprint density at radius 3 is 2.31 bits per heavy atom. The third-order valence-electron chi connectivity index (χ3n) is 8.49. The lowest BCUT2D eigenvalue weighted by Crippen LogP contribution is -2.48. The summed E-state index contributed by atoms with van der Waals surface area (Å²) in [5.74, 6) is -0.433. The van der Waals surface area contributed by atoms with Gasteiger partial charge in [0.05, 0.1) is 32.0 Å². The fraction of sp³-hybridized carbons (Fsp3) is 0.441. The van der Waals surface area contributed by atoms with Gasteiger partial charge in [-0.05, 0) is 33.9 Å². The number of aliphatic hydroxyl groups is 1. The van der Waals surface area contributed by atoms with E-state index in [1.54, 1.807) is 0 Å². The number of nitrogens with one attached hydrogen (secondary N) is 1. The molecule has 3 saturated heterocycles. The first-order valence-corrected chi connectivity index (χ1v) is 14.9. The molecule has 0 aromatic heterocycles. The number of amides is 1. The van der Waals surface area contributed by atoms with Crippen molar-refractivity contribution in [2.24, 2.45) is 0 Å². The van der Waals surface area contributed by atoms with E-state index in [9.17, 15) is 9.90 Å². The number of piperidine rings is 1. The molecule has 1 spiro atoms. The van der Waals surface area contributed by atoms with Gasteiger partial charge in [0.2, 0.25) is 5.91 Å². The Bertz CT molecular complexity index is 1330. The van der Waals surface area contributed by atoms with Crippen molar-refractivity contribution in [3.05, 3.63) is 95.1 Å². The molecule has 8 heteroatoms. The molecule has 3 heterocycles. The Morgan fingerprint density at radius 1 is 0.905 bits per heavy atom. The molecule has 3 aliphatic heterocycles. The van der Waals surface area contributed by atoms with Gasteiger partial charge in [-0.15, -0.1) is 0 Å². The van der Waals surface area contributed by atoms with Gasteiger partial charge in [0, 0.05) is 57.9 Å². The number of likely N-dealkylation sites (tertiary alicyclic amines) is 1. The van der Waals surface area contributed by atoms with Gasteiger partial charge in [0.1, 0.15) is 0 Å². The van der Waals surface area contributed by atoms with Gasteiger partial charge in [0.15, 0.2) is 12.1 Å². The van der Waals surface area contributed by atoms with E-state index in [0.717, 1.165) is 72.3 Å². The molecule has 3 aliphatic rings. The zero-order valence-electron chi connectivity index (χ0n) is 24.2. The van der Waals surface area contributed by atoms with Crippen LogP contribution in [0.1, 0.15) is 60.8 Å². The molecule has 3 atom stereocenters. The van der Waals surface area contributed by atoms with E-state index >= 15 is 0 Å². The summed E-state index contributed by atoms with van der Waals surface area (Å²) in [4.78, 5) is 13.8. The van der Waals surface area contributed by atoms with Crippen molar-refractivity contribution in [3.8, 4) is 11.1 Å². The van der Waals surface area contributed by atoms with Gasteiger partial charge in [-0.3, -0.25) is 4.79 Å². The molecule has 0 saturated carbocycles. The number of benzene rings is 3. The summed E-state index contributed by atoms with van der Waals surface area (Å²) in [5, 5.41) is 12.4. The van der Waals surface area contributed by atoms with Crippen molar-refractivity contribution in [2.45, 2.75) is 63.6 Å². The van der Waals surface area contributed by atoms with E-state index in [-0.39, 0.29) is 24.7 Å². The molecule has 0 radical (unpaired) electrons. The molecule has 42 heavy (non-hydrogen) atoms. The summed E-state index contributed by atoms with van der Waals surface area (Å²) >= 11 is 0. The van der Waals surface area contributed by atoms with Crippen molar-refractivity contribution in [2.75, 3.05) is 32.8 Å². The van der Waals surface area contributed by atoms with Crippen LogP contribution >= 0.6 is 0 Å². The molecule has 0 aliphatic carbocycles. The lowest BCUT2D eigenvalue weighted by molar-refractivity contribution is -0.255. The first-order chi connectivity index (χ1) is 20.5. The zero-order chi connectivity index (χ0) is 28.9. The van der Waals surface area contributed by atoms with Crippen LogP contribution in [0, 0.1) is 0 Å². The molecule has 6 rings (SSSR count). The molecular formula is C34H40N2O6. The molecule has 222 valence electrons. The maximum Gasteiger partial charge on any atom is 0.217 e. The number of carbonyl (C=O) groups excluding carboxylic acids is 1. The molecule has 8 nitrogen and oxygen atoms in total. The molecule has 3 unspecified atom stereocenters. The van der Waals surface area contributed by atoms with Crippen LogP contribution in [0.5, 0.6) is 0 Å². The fourth-order valence-electron chi connectivity index (χ4n) is 6.10. The number of hydrogen-bond donors (Lipinski definition) is 2. The van der Waals surface area contributed by atoms with Crippen molar-refractivity contribution in [3.63, 3.8) is 0 Å². The first-order valence-electron chi connectivity index (χ1n) is 14.9. The largest absolute Gasteiger partial charge is 0.392 e. The Morgan fingerprint density at radius 2 is 1.62 bits per heavy atom. The second kappa shape index (κ2) is 13.0. The smallest absolute Gasteiger partial charge is 0.217 e.